The summed E-state index contributed by atoms with van der Waals surface area (Å²) in [6.45, 7) is 5.71. The fraction of sp³-hybridized carbons (Fsp3) is 0.217. The predicted molar refractivity (Wildman–Crippen MR) is 116 cm³/mol. The quantitative estimate of drug-likeness (QED) is 0.494. The average molecular weight is 398 g/mol. The van der Waals surface area contributed by atoms with Crippen LogP contribution in [0, 0.1) is 6.92 Å². The van der Waals surface area contributed by atoms with E-state index in [2.05, 4.69) is 27.2 Å². The molecule has 0 saturated heterocycles. The van der Waals surface area contributed by atoms with Crippen molar-refractivity contribution >= 4 is 16.7 Å². The molecule has 0 radical (unpaired) electrons. The molecule has 5 rings (SSSR count). The van der Waals surface area contributed by atoms with Crippen molar-refractivity contribution in [2.75, 3.05) is 0 Å². The van der Waals surface area contributed by atoms with Crippen LogP contribution in [0.15, 0.2) is 61.1 Å². The molecule has 1 aromatic carbocycles. The van der Waals surface area contributed by atoms with Crippen molar-refractivity contribution in [1.82, 2.24) is 29.1 Å². The third-order valence-electron chi connectivity index (χ3n) is 5.49. The van der Waals surface area contributed by atoms with Gasteiger partial charge in [-0.05, 0) is 51.1 Å². The second kappa shape index (κ2) is 7.03. The van der Waals surface area contributed by atoms with Gasteiger partial charge in [-0.2, -0.15) is 5.10 Å². The van der Waals surface area contributed by atoms with Crippen molar-refractivity contribution in [1.29, 1.82) is 0 Å². The number of aromatic nitrogens is 6. The molecule has 150 valence electrons. The van der Waals surface area contributed by atoms with E-state index < -0.39 is 6.10 Å². The maximum atomic E-state index is 9.97. The third kappa shape index (κ3) is 2.95. The van der Waals surface area contributed by atoms with Crippen LogP contribution < -0.4 is 0 Å². The summed E-state index contributed by atoms with van der Waals surface area (Å²) < 4.78 is 3.85. The van der Waals surface area contributed by atoms with Gasteiger partial charge in [0.25, 0.3) is 0 Å². The van der Waals surface area contributed by atoms with Crippen LogP contribution in [0.3, 0.4) is 0 Å². The highest BCUT2D eigenvalue weighted by molar-refractivity contribution is 5.88. The number of hydrogen-bond donors (Lipinski definition) is 1. The fourth-order valence-electron chi connectivity index (χ4n) is 3.75. The van der Waals surface area contributed by atoms with Crippen molar-refractivity contribution in [3.63, 3.8) is 0 Å². The number of imidazole rings is 1. The molecular weight excluding hydrogens is 376 g/mol. The highest BCUT2D eigenvalue weighted by atomic mass is 16.3. The first-order valence-corrected chi connectivity index (χ1v) is 9.96. The third-order valence-corrected chi connectivity index (χ3v) is 5.49. The zero-order valence-corrected chi connectivity index (χ0v) is 17.1. The van der Waals surface area contributed by atoms with E-state index >= 15 is 0 Å². The Balaban J connectivity index is 1.73. The number of fused-ring (bicyclic) bond motifs is 2. The van der Waals surface area contributed by atoms with Crippen LogP contribution in [0.2, 0.25) is 0 Å². The Morgan fingerprint density at radius 2 is 1.90 bits per heavy atom. The average Bonchev–Trinajstić information content (AvgIpc) is 3.34. The second-order valence-electron chi connectivity index (χ2n) is 7.61. The number of pyridine rings is 1. The first-order chi connectivity index (χ1) is 14.5. The van der Waals surface area contributed by atoms with Gasteiger partial charge >= 0.3 is 0 Å². The van der Waals surface area contributed by atoms with Gasteiger partial charge in [0.15, 0.2) is 0 Å². The van der Waals surface area contributed by atoms with Crippen molar-refractivity contribution in [2.24, 2.45) is 0 Å². The van der Waals surface area contributed by atoms with Gasteiger partial charge in [0.1, 0.15) is 5.69 Å². The maximum absolute atomic E-state index is 9.97. The minimum absolute atomic E-state index is 0.111. The number of aryl methyl sites for hydroxylation is 1. The van der Waals surface area contributed by atoms with E-state index in [0.717, 1.165) is 39.2 Å². The molecule has 0 fully saturated rings. The zero-order valence-electron chi connectivity index (χ0n) is 17.1. The van der Waals surface area contributed by atoms with Gasteiger partial charge in [-0.3, -0.25) is 14.1 Å². The highest BCUT2D eigenvalue weighted by Crippen LogP contribution is 2.33. The normalized spacial score (nSPS) is 13.7. The number of aliphatic hydroxyl groups excluding tert-OH is 1. The van der Waals surface area contributed by atoms with Crippen LogP contribution in [0.4, 0.5) is 0 Å². The number of aliphatic hydroxyl groups is 1. The number of benzene rings is 1. The first kappa shape index (κ1) is 18.4. The van der Waals surface area contributed by atoms with Crippen LogP contribution in [0.1, 0.15) is 25.6 Å². The van der Waals surface area contributed by atoms with E-state index in [1.165, 1.54) is 0 Å². The van der Waals surface area contributed by atoms with Gasteiger partial charge in [-0.25, -0.2) is 9.97 Å². The molecule has 4 heterocycles. The molecule has 30 heavy (non-hydrogen) atoms. The van der Waals surface area contributed by atoms with Crippen LogP contribution in [-0.2, 0) is 0 Å². The number of nitrogens with zero attached hydrogens (tertiary/aromatic N) is 6. The molecule has 0 bridgehead atoms. The number of rotatable bonds is 4. The minimum Gasteiger partial charge on any atom is -0.391 e. The van der Waals surface area contributed by atoms with Gasteiger partial charge in [-0.15, -0.1) is 0 Å². The Kier molecular flexibility index (Phi) is 4.33. The van der Waals surface area contributed by atoms with Crippen molar-refractivity contribution in [2.45, 2.75) is 32.9 Å². The van der Waals surface area contributed by atoms with E-state index in [1.807, 2.05) is 65.7 Å². The molecular formula is C23H22N6O. The minimum atomic E-state index is -0.489. The fourth-order valence-corrected chi connectivity index (χ4v) is 3.75. The zero-order chi connectivity index (χ0) is 20.8. The molecule has 0 saturated carbocycles. The summed E-state index contributed by atoms with van der Waals surface area (Å²) in [6, 6.07) is 13.9. The Bertz CT molecular complexity index is 1370. The Hall–Kier alpha value is -3.58. The Labute approximate surface area is 173 Å². The van der Waals surface area contributed by atoms with Crippen LogP contribution in [-0.4, -0.2) is 40.3 Å². The lowest BCUT2D eigenvalue weighted by Gasteiger charge is -2.16. The largest absolute Gasteiger partial charge is 0.391 e. The van der Waals surface area contributed by atoms with Gasteiger partial charge in [-0.1, -0.05) is 12.1 Å². The van der Waals surface area contributed by atoms with Gasteiger partial charge in [0, 0.05) is 29.0 Å². The lowest BCUT2D eigenvalue weighted by molar-refractivity contribution is 0.135. The van der Waals surface area contributed by atoms with Crippen LogP contribution in [0.5, 0.6) is 0 Å². The summed E-state index contributed by atoms with van der Waals surface area (Å²) in [5.74, 6) is 0.629. The molecule has 7 nitrogen and oxygen atoms in total. The van der Waals surface area contributed by atoms with Gasteiger partial charge in [0.05, 0.1) is 35.2 Å². The van der Waals surface area contributed by atoms with E-state index in [4.69, 9.17) is 4.98 Å². The standard InChI is InChI=1S/C23H22N6O/c1-14-6-4-7-19(26-14)21-22(28-11-5-10-24-23(28)27-21)17-8-9-20-18(12-17)13-25-29(20)15(2)16(3)30/h4-13,15-16,30H,1-3H3. The summed E-state index contributed by atoms with van der Waals surface area (Å²) in [5, 5.41) is 15.5. The molecule has 0 aliphatic rings. The van der Waals surface area contributed by atoms with Gasteiger partial charge in [0.2, 0.25) is 5.78 Å². The SMILES string of the molecule is Cc1cccc(-c2nc3ncccn3c2-c2ccc3c(cnn3C(C)C(C)O)c2)n1. The van der Waals surface area contributed by atoms with Crippen molar-refractivity contribution < 1.29 is 5.11 Å². The van der Waals surface area contributed by atoms with Crippen molar-refractivity contribution in [3.8, 4) is 22.6 Å². The van der Waals surface area contributed by atoms with Crippen LogP contribution >= 0.6 is 0 Å². The molecule has 2 unspecified atom stereocenters. The Morgan fingerprint density at radius 3 is 2.70 bits per heavy atom. The van der Waals surface area contributed by atoms with Crippen LogP contribution in [0.25, 0.3) is 39.3 Å². The lowest BCUT2D eigenvalue weighted by atomic mass is 10.1. The van der Waals surface area contributed by atoms with E-state index in [1.54, 1.807) is 13.1 Å². The van der Waals surface area contributed by atoms with E-state index in [0.29, 0.717) is 5.78 Å². The molecule has 0 aliphatic heterocycles. The predicted octanol–water partition coefficient (Wildman–Crippen LogP) is 4.06. The summed E-state index contributed by atoms with van der Waals surface area (Å²) in [4.78, 5) is 13.9. The lowest BCUT2D eigenvalue weighted by Crippen LogP contribution is -2.19. The maximum Gasteiger partial charge on any atom is 0.234 e. The molecule has 7 heteroatoms. The molecule has 0 amide bonds. The van der Waals surface area contributed by atoms with E-state index in [-0.39, 0.29) is 6.04 Å². The van der Waals surface area contributed by atoms with Crippen molar-refractivity contribution in [3.05, 3.63) is 66.7 Å². The monoisotopic (exact) mass is 398 g/mol. The first-order valence-electron chi connectivity index (χ1n) is 9.96. The molecule has 2 atom stereocenters. The summed E-state index contributed by atoms with van der Waals surface area (Å²) in [5.41, 5.74) is 5.47. The van der Waals surface area contributed by atoms with E-state index in [9.17, 15) is 5.11 Å². The topological polar surface area (TPSA) is 81.1 Å². The Morgan fingerprint density at radius 1 is 1.03 bits per heavy atom. The molecule has 4 aromatic heterocycles. The highest BCUT2D eigenvalue weighted by Gasteiger charge is 2.20. The molecule has 0 spiro atoms. The number of hydrogen-bond acceptors (Lipinski definition) is 5. The second-order valence-corrected chi connectivity index (χ2v) is 7.61. The molecule has 5 aromatic rings. The molecule has 0 aliphatic carbocycles. The summed E-state index contributed by atoms with van der Waals surface area (Å²) in [7, 11) is 0. The molecule has 1 N–H and O–H groups in total. The van der Waals surface area contributed by atoms with Gasteiger partial charge < -0.3 is 5.11 Å². The summed E-state index contributed by atoms with van der Waals surface area (Å²) in [6.07, 6.45) is 5.05. The summed E-state index contributed by atoms with van der Waals surface area (Å²) >= 11 is 0. The smallest absolute Gasteiger partial charge is 0.234 e.